The monoisotopic (exact) mass is 410 g/mol. The maximum absolute atomic E-state index is 4.39. The normalized spacial score (nSPS) is 11.1. The lowest BCUT2D eigenvalue weighted by Crippen LogP contribution is -2.29. The number of hydrogen-bond donors (Lipinski definition) is 0. The van der Waals surface area contributed by atoms with Crippen LogP contribution < -0.4 is 4.57 Å². The molecule has 6 aromatic rings. The molecule has 3 heteroatoms. The Balaban J connectivity index is 1.41. The molecule has 0 unspecified atom stereocenters. The molecular weight excluding hydrogens is 390 g/mol. The minimum Gasteiger partial charge on any atom is -0.237 e. The van der Waals surface area contributed by atoms with Crippen LogP contribution in [0.2, 0.25) is 0 Å². The second-order valence-electron chi connectivity index (χ2n) is 7.88. The number of benzene rings is 4. The number of rotatable bonds is 3. The van der Waals surface area contributed by atoms with E-state index in [0.29, 0.717) is 0 Å². The van der Waals surface area contributed by atoms with Gasteiger partial charge in [-0.1, -0.05) is 48.5 Å². The predicted octanol–water partition coefficient (Wildman–Crippen LogP) is 6.39. The van der Waals surface area contributed by atoms with Gasteiger partial charge in [0.25, 0.3) is 0 Å². The molecule has 0 atom stereocenters. The van der Waals surface area contributed by atoms with Crippen LogP contribution in [0.25, 0.3) is 49.7 Å². The number of pyridine rings is 1. The van der Waals surface area contributed by atoms with Crippen molar-refractivity contribution in [1.82, 2.24) is 9.97 Å². The molecule has 0 N–H and O–H groups in total. The van der Waals surface area contributed by atoms with Crippen molar-refractivity contribution >= 4 is 21.5 Å². The Morgan fingerprint density at radius 3 is 2.09 bits per heavy atom. The van der Waals surface area contributed by atoms with E-state index in [1.54, 1.807) is 12.4 Å². The van der Waals surface area contributed by atoms with Crippen molar-refractivity contribution in [3.8, 4) is 28.2 Å². The molecule has 0 spiro atoms. The van der Waals surface area contributed by atoms with Crippen molar-refractivity contribution in [2.75, 3.05) is 0 Å². The molecule has 0 fully saturated rings. The van der Waals surface area contributed by atoms with Gasteiger partial charge in [-0.15, -0.1) is 0 Å². The van der Waals surface area contributed by atoms with Crippen LogP contribution in [-0.2, 0) is 0 Å². The summed E-state index contributed by atoms with van der Waals surface area (Å²) in [4.78, 5) is 8.77. The lowest BCUT2D eigenvalue weighted by atomic mass is 10.0. The van der Waals surface area contributed by atoms with Gasteiger partial charge >= 0.3 is 0 Å². The number of hydrogen-bond acceptors (Lipinski definition) is 2. The molecular formula is C29H20N3+. The van der Waals surface area contributed by atoms with Gasteiger partial charge in [-0.2, -0.15) is 4.57 Å². The van der Waals surface area contributed by atoms with Crippen LogP contribution in [0.3, 0.4) is 0 Å². The molecule has 6 rings (SSSR count). The van der Waals surface area contributed by atoms with Crippen LogP contribution in [0.1, 0.15) is 0 Å². The van der Waals surface area contributed by atoms with Crippen LogP contribution in [0.5, 0.6) is 0 Å². The summed E-state index contributed by atoms with van der Waals surface area (Å²) in [5, 5.41) is 4.87. The van der Waals surface area contributed by atoms with Crippen LogP contribution in [0.4, 0.5) is 0 Å². The Morgan fingerprint density at radius 1 is 0.500 bits per heavy atom. The van der Waals surface area contributed by atoms with E-state index in [1.165, 1.54) is 27.3 Å². The molecule has 3 nitrogen and oxygen atoms in total. The third-order valence-electron chi connectivity index (χ3n) is 5.83. The van der Waals surface area contributed by atoms with Gasteiger partial charge in [-0.3, -0.25) is 0 Å². The van der Waals surface area contributed by atoms with E-state index in [4.69, 9.17) is 0 Å². The minimum atomic E-state index is 0.741. The maximum Gasteiger partial charge on any atom is 0.211 e. The fraction of sp³-hybridized carbons (Fsp3) is 0. The van der Waals surface area contributed by atoms with Crippen LogP contribution >= 0.6 is 0 Å². The van der Waals surface area contributed by atoms with E-state index in [2.05, 4.69) is 118 Å². The molecule has 4 aromatic carbocycles. The van der Waals surface area contributed by atoms with E-state index in [-0.39, 0.29) is 0 Å². The molecule has 0 aliphatic carbocycles. The first kappa shape index (κ1) is 18.4. The molecule has 2 aromatic heterocycles. The standard InChI is InChI=1S/C29H20N3/c1-2-6-23-17-24(10-8-21(23)5-1)26-7-3-16-32(20-26)28-13-12-22-9-11-25(18-27(22)19-28)29-30-14-4-15-31-29/h1-20H/q+1. The van der Waals surface area contributed by atoms with E-state index >= 15 is 0 Å². The van der Waals surface area contributed by atoms with Crippen molar-refractivity contribution < 1.29 is 4.57 Å². The zero-order chi connectivity index (χ0) is 21.3. The first-order valence-corrected chi connectivity index (χ1v) is 10.7. The average Bonchev–Trinajstić information content (AvgIpc) is 2.88. The zero-order valence-electron chi connectivity index (χ0n) is 17.4. The Hall–Kier alpha value is -4.37. The lowest BCUT2D eigenvalue weighted by molar-refractivity contribution is -0.595. The highest BCUT2D eigenvalue weighted by molar-refractivity contribution is 5.88. The summed E-state index contributed by atoms with van der Waals surface area (Å²) in [5.41, 5.74) is 4.53. The summed E-state index contributed by atoms with van der Waals surface area (Å²) in [7, 11) is 0. The molecule has 150 valence electrons. The van der Waals surface area contributed by atoms with Gasteiger partial charge in [0.15, 0.2) is 18.2 Å². The molecule has 0 radical (unpaired) electrons. The van der Waals surface area contributed by atoms with Crippen molar-refractivity contribution in [3.05, 3.63) is 122 Å². The molecule has 0 saturated carbocycles. The molecule has 2 heterocycles. The predicted molar refractivity (Wildman–Crippen MR) is 129 cm³/mol. The summed E-state index contributed by atoms with van der Waals surface area (Å²) in [5.74, 6) is 0.741. The third kappa shape index (κ3) is 3.40. The highest BCUT2D eigenvalue weighted by Gasteiger charge is 2.11. The molecule has 0 amide bonds. The zero-order valence-corrected chi connectivity index (χ0v) is 17.4. The summed E-state index contributed by atoms with van der Waals surface area (Å²) in [6.45, 7) is 0. The molecule has 32 heavy (non-hydrogen) atoms. The quantitative estimate of drug-likeness (QED) is 0.316. The fourth-order valence-corrected chi connectivity index (χ4v) is 4.16. The number of aromatic nitrogens is 3. The fourth-order valence-electron chi connectivity index (χ4n) is 4.16. The van der Waals surface area contributed by atoms with Crippen LogP contribution in [-0.4, -0.2) is 9.97 Å². The van der Waals surface area contributed by atoms with Crippen LogP contribution in [0.15, 0.2) is 122 Å². The summed E-state index contributed by atoms with van der Waals surface area (Å²) in [6.07, 6.45) is 7.83. The van der Waals surface area contributed by atoms with Gasteiger partial charge < -0.3 is 0 Å². The minimum absolute atomic E-state index is 0.741. The van der Waals surface area contributed by atoms with Gasteiger partial charge in [-0.05, 0) is 57.4 Å². The lowest BCUT2D eigenvalue weighted by Gasteiger charge is -2.05. The third-order valence-corrected chi connectivity index (χ3v) is 5.83. The van der Waals surface area contributed by atoms with Crippen molar-refractivity contribution in [2.24, 2.45) is 0 Å². The Bertz CT molecular complexity index is 1570. The van der Waals surface area contributed by atoms with Crippen molar-refractivity contribution in [2.45, 2.75) is 0 Å². The highest BCUT2D eigenvalue weighted by Crippen LogP contribution is 2.25. The van der Waals surface area contributed by atoms with Crippen molar-refractivity contribution in [3.63, 3.8) is 0 Å². The maximum atomic E-state index is 4.39. The van der Waals surface area contributed by atoms with E-state index in [0.717, 1.165) is 22.5 Å². The summed E-state index contributed by atoms with van der Waals surface area (Å²) < 4.78 is 2.18. The van der Waals surface area contributed by atoms with Crippen LogP contribution in [0, 0.1) is 0 Å². The van der Waals surface area contributed by atoms with Gasteiger partial charge in [-0.25, -0.2) is 9.97 Å². The second kappa shape index (κ2) is 7.71. The van der Waals surface area contributed by atoms with E-state index in [9.17, 15) is 0 Å². The Morgan fingerprint density at radius 2 is 1.22 bits per heavy atom. The topological polar surface area (TPSA) is 29.7 Å². The van der Waals surface area contributed by atoms with E-state index in [1.807, 2.05) is 6.07 Å². The smallest absolute Gasteiger partial charge is 0.211 e. The van der Waals surface area contributed by atoms with Gasteiger partial charge in [0.05, 0.1) is 0 Å². The first-order valence-electron chi connectivity index (χ1n) is 10.7. The van der Waals surface area contributed by atoms with Gasteiger partial charge in [0.2, 0.25) is 5.69 Å². The van der Waals surface area contributed by atoms with Gasteiger partial charge in [0, 0.05) is 41.7 Å². The largest absolute Gasteiger partial charge is 0.237 e. The highest BCUT2D eigenvalue weighted by atomic mass is 14.9. The summed E-state index contributed by atoms with van der Waals surface area (Å²) >= 11 is 0. The van der Waals surface area contributed by atoms with E-state index < -0.39 is 0 Å². The second-order valence-corrected chi connectivity index (χ2v) is 7.88. The SMILES string of the molecule is c1cnc(-c2ccc3ccc(-[n+]4cccc(-c5ccc6ccccc6c5)c4)cc3c2)nc1. The summed E-state index contributed by atoms with van der Waals surface area (Å²) in [6, 6.07) is 34.1. The number of nitrogens with zero attached hydrogens (tertiary/aromatic N) is 3. The van der Waals surface area contributed by atoms with Gasteiger partial charge in [0.1, 0.15) is 0 Å². The molecule has 0 bridgehead atoms. The van der Waals surface area contributed by atoms with Crippen molar-refractivity contribution in [1.29, 1.82) is 0 Å². The number of fused-ring (bicyclic) bond motifs is 2. The molecule has 0 aliphatic rings. The Kier molecular flexibility index (Phi) is 4.43. The Labute approximate surface area is 186 Å². The molecule has 0 aliphatic heterocycles. The first-order chi connectivity index (χ1) is 15.8. The molecule has 0 saturated heterocycles. The average molecular weight is 411 g/mol.